The van der Waals surface area contributed by atoms with Crippen molar-refractivity contribution in [3.8, 4) is 0 Å². The van der Waals surface area contributed by atoms with Gasteiger partial charge in [0.15, 0.2) is 0 Å². The first-order valence-corrected chi connectivity index (χ1v) is 11.1. The number of hydrogen-bond acceptors (Lipinski definition) is 4. The van der Waals surface area contributed by atoms with E-state index in [1.807, 2.05) is 0 Å². The quantitative estimate of drug-likeness (QED) is 0.188. The van der Waals surface area contributed by atoms with Crippen LogP contribution < -0.4 is 0 Å². The first kappa shape index (κ1) is 30.1. The summed E-state index contributed by atoms with van der Waals surface area (Å²) < 4.78 is 0. The van der Waals surface area contributed by atoms with Gasteiger partial charge in [0.25, 0.3) is 0 Å². The minimum Gasteiger partial charge on any atom is -0.481 e. The number of rotatable bonds is 20. The van der Waals surface area contributed by atoms with Crippen molar-refractivity contribution in [1.29, 1.82) is 0 Å². The average Bonchev–Trinajstić information content (AvgIpc) is 2.65. The van der Waals surface area contributed by atoms with Crippen LogP contribution in [0.1, 0.15) is 116 Å². The minimum atomic E-state index is -0.759. The van der Waals surface area contributed by atoms with Crippen LogP contribution in [0.15, 0.2) is 0 Å². The molecule has 0 saturated heterocycles. The standard InChI is InChI=1S/C13H24O4.C9H16O4/c14-12(15)10-8-6-4-2-1-3-5-7-9-11-13(16)17;10-8(11)6-4-2-1-3-5-7-9(12)13/h1-11H2,(H,14,15)(H,16,17);1-7H2,(H,10,11)(H,12,13). The van der Waals surface area contributed by atoms with Gasteiger partial charge in [0.2, 0.25) is 0 Å². The molecule has 4 N–H and O–H groups in total. The molecule has 176 valence electrons. The van der Waals surface area contributed by atoms with Crippen LogP contribution >= 0.6 is 0 Å². The van der Waals surface area contributed by atoms with Crippen molar-refractivity contribution in [2.24, 2.45) is 0 Å². The second kappa shape index (κ2) is 23.2. The smallest absolute Gasteiger partial charge is 0.303 e. The van der Waals surface area contributed by atoms with Crippen LogP contribution in [0.3, 0.4) is 0 Å². The van der Waals surface area contributed by atoms with E-state index in [1.54, 1.807) is 0 Å². The Morgan fingerprint density at radius 3 is 0.567 bits per heavy atom. The summed E-state index contributed by atoms with van der Waals surface area (Å²) in [6, 6.07) is 0. The molecule has 8 nitrogen and oxygen atoms in total. The van der Waals surface area contributed by atoms with E-state index in [0.717, 1.165) is 57.8 Å². The zero-order valence-electron chi connectivity index (χ0n) is 18.1. The Labute approximate surface area is 179 Å². The molecule has 0 rings (SSSR count). The van der Waals surface area contributed by atoms with Crippen molar-refractivity contribution in [2.75, 3.05) is 0 Å². The predicted octanol–water partition coefficient (Wildman–Crippen LogP) is 5.33. The Hall–Kier alpha value is -2.12. The van der Waals surface area contributed by atoms with Gasteiger partial charge in [-0.15, -0.1) is 0 Å². The van der Waals surface area contributed by atoms with E-state index in [2.05, 4.69) is 0 Å². The Morgan fingerprint density at radius 1 is 0.300 bits per heavy atom. The van der Waals surface area contributed by atoms with Crippen LogP contribution in [0.2, 0.25) is 0 Å². The van der Waals surface area contributed by atoms with Crippen molar-refractivity contribution in [3.63, 3.8) is 0 Å². The Kier molecular flexibility index (Phi) is 23.2. The first-order valence-electron chi connectivity index (χ1n) is 11.1. The Balaban J connectivity index is 0. The number of unbranched alkanes of at least 4 members (excludes halogenated alkanes) is 12. The van der Waals surface area contributed by atoms with Crippen LogP contribution in [0, 0.1) is 0 Å². The number of aliphatic carboxylic acids is 4. The number of carbonyl (C=O) groups is 4. The van der Waals surface area contributed by atoms with Gasteiger partial charge in [0.05, 0.1) is 0 Å². The normalized spacial score (nSPS) is 10.1. The van der Waals surface area contributed by atoms with Gasteiger partial charge < -0.3 is 20.4 Å². The van der Waals surface area contributed by atoms with Gasteiger partial charge in [-0.1, -0.05) is 64.2 Å². The third kappa shape index (κ3) is 33.5. The minimum absolute atomic E-state index is 0.221. The molecule has 0 heterocycles. The summed E-state index contributed by atoms with van der Waals surface area (Å²) in [5.41, 5.74) is 0. The molecule has 0 aromatic carbocycles. The van der Waals surface area contributed by atoms with Crippen LogP contribution in [-0.4, -0.2) is 44.3 Å². The lowest BCUT2D eigenvalue weighted by molar-refractivity contribution is -0.138. The molecule has 0 saturated carbocycles. The van der Waals surface area contributed by atoms with Gasteiger partial charge in [0.1, 0.15) is 0 Å². The summed E-state index contributed by atoms with van der Waals surface area (Å²) in [5.74, 6) is -2.93. The topological polar surface area (TPSA) is 149 Å². The molecule has 0 unspecified atom stereocenters. The fourth-order valence-corrected chi connectivity index (χ4v) is 2.87. The second-order valence-electron chi connectivity index (χ2n) is 7.52. The average molecular weight is 433 g/mol. The van der Waals surface area contributed by atoms with Crippen molar-refractivity contribution in [2.45, 2.75) is 116 Å². The van der Waals surface area contributed by atoms with E-state index in [1.165, 1.54) is 19.3 Å². The second-order valence-corrected chi connectivity index (χ2v) is 7.52. The summed E-state index contributed by atoms with van der Waals surface area (Å²) in [6.45, 7) is 0. The Bertz CT molecular complexity index is 422. The monoisotopic (exact) mass is 432 g/mol. The maximum absolute atomic E-state index is 10.2. The van der Waals surface area contributed by atoms with Crippen molar-refractivity contribution in [1.82, 2.24) is 0 Å². The molecule has 0 amide bonds. The summed E-state index contributed by atoms with van der Waals surface area (Å²) in [4.78, 5) is 40.7. The van der Waals surface area contributed by atoms with E-state index < -0.39 is 23.9 Å². The SMILES string of the molecule is O=C(O)CCCCCCCC(=O)O.O=C(O)CCCCCCCCCCCC(=O)O. The summed E-state index contributed by atoms with van der Waals surface area (Å²) in [7, 11) is 0. The predicted molar refractivity (Wildman–Crippen MR) is 114 cm³/mol. The van der Waals surface area contributed by atoms with Crippen LogP contribution in [0.25, 0.3) is 0 Å². The molecule has 0 radical (unpaired) electrons. The number of carboxylic acid groups (broad SMARTS) is 4. The molecule has 0 aliphatic carbocycles. The van der Waals surface area contributed by atoms with Gasteiger partial charge in [-0.3, -0.25) is 19.2 Å². The highest BCUT2D eigenvalue weighted by molar-refractivity contribution is 5.67. The molecule has 0 spiro atoms. The van der Waals surface area contributed by atoms with E-state index in [0.29, 0.717) is 12.8 Å². The maximum atomic E-state index is 10.2. The molecule has 0 aromatic heterocycles. The van der Waals surface area contributed by atoms with Crippen LogP contribution in [0.4, 0.5) is 0 Å². The van der Waals surface area contributed by atoms with Crippen molar-refractivity contribution in [3.05, 3.63) is 0 Å². The lowest BCUT2D eigenvalue weighted by Crippen LogP contribution is -1.95. The highest BCUT2D eigenvalue weighted by atomic mass is 16.4. The van der Waals surface area contributed by atoms with Gasteiger partial charge in [-0.2, -0.15) is 0 Å². The lowest BCUT2D eigenvalue weighted by Gasteiger charge is -2.01. The molecule has 0 aromatic rings. The maximum Gasteiger partial charge on any atom is 0.303 e. The van der Waals surface area contributed by atoms with Crippen LogP contribution in [0.5, 0.6) is 0 Å². The molecule has 0 aliphatic heterocycles. The Morgan fingerprint density at radius 2 is 0.433 bits per heavy atom. The zero-order chi connectivity index (χ0) is 23.0. The lowest BCUT2D eigenvalue weighted by atomic mass is 10.1. The van der Waals surface area contributed by atoms with E-state index in [-0.39, 0.29) is 25.7 Å². The van der Waals surface area contributed by atoms with Gasteiger partial charge in [-0.05, 0) is 25.7 Å². The van der Waals surface area contributed by atoms with E-state index >= 15 is 0 Å². The number of carboxylic acids is 4. The summed E-state index contributed by atoms with van der Waals surface area (Å²) in [5, 5.41) is 33.5. The summed E-state index contributed by atoms with van der Waals surface area (Å²) in [6.07, 6.45) is 14.4. The molecule has 0 atom stereocenters. The van der Waals surface area contributed by atoms with Crippen molar-refractivity contribution < 1.29 is 39.6 Å². The van der Waals surface area contributed by atoms with E-state index in [4.69, 9.17) is 20.4 Å². The highest BCUT2D eigenvalue weighted by Gasteiger charge is 1.99. The molecule has 0 bridgehead atoms. The van der Waals surface area contributed by atoms with E-state index in [9.17, 15) is 19.2 Å². The largest absolute Gasteiger partial charge is 0.481 e. The fraction of sp³-hybridized carbons (Fsp3) is 0.818. The highest BCUT2D eigenvalue weighted by Crippen LogP contribution is 2.11. The third-order valence-electron chi connectivity index (χ3n) is 4.56. The fourth-order valence-electron chi connectivity index (χ4n) is 2.87. The molecule has 0 aliphatic rings. The molecule has 8 heteroatoms. The van der Waals surface area contributed by atoms with Gasteiger partial charge in [-0.25, -0.2) is 0 Å². The zero-order valence-corrected chi connectivity index (χ0v) is 18.1. The van der Waals surface area contributed by atoms with Crippen molar-refractivity contribution >= 4 is 23.9 Å². The van der Waals surface area contributed by atoms with Crippen LogP contribution in [-0.2, 0) is 19.2 Å². The summed E-state index contributed by atoms with van der Waals surface area (Å²) >= 11 is 0. The van der Waals surface area contributed by atoms with Gasteiger partial charge >= 0.3 is 23.9 Å². The molecule has 0 fully saturated rings. The van der Waals surface area contributed by atoms with Gasteiger partial charge in [0, 0.05) is 25.7 Å². The molecular weight excluding hydrogens is 392 g/mol. The number of hydrogen-bond donors (Lipinski definition) is 4. The first-order chi connectivity index (χ1) is 14.3. The molecular formula is C22H40O8. The third-order valence-corrected chi connectivity index (χ3v) is 4.56. The molecule has 30 heavy (non-hydrogen) atoms.